The Bertz CT molecular complexity index is 510. The van der Waals surface area contributed by atoms with Crippen LogP contribution in [0.25, 0.3) is 0 Å². The molecular weight excluding hydrogens is 268 g/mol. The molecule has 7 heteroatoms. The third-order valence-corrected chi connectivity index (χ3v) is 6.12. The van der Waals surface area contributed by atoms with Gasteiger partial charge in [-0.15, -0.1) is 0 Å². The summed E-state index contributed by atoms with van der Waals surface area (Å²) >= 11 is 0. The molecule has 106 valence electrons. The number of urea groups is 1. The molecule has 3 rings (SSSR count). The number of carbonyl (C=O) groups is 2. The molecule has 0 aromatic heterocycles. The first-order valence-electron chi connectivity index (χ1n) is 6.81. The van der Waals surface area contributed by atoms with E-state index in [0.29, 0.717) is 6.42 Å². The summed E-state index contributed by atoms with van der Waals surface area (Å²) in [7, 11) is -3.03. The van der Waals surface area contributed by atoms with E-state index in [9.17, 15) is 18.0 Å². The number of imide groups is 1. The van der Waals surface area contributed by atoms with E-state index in [1.165, 1.54) is 9.80 Å². The van der Waals surface area contributed by atoms with E-state index in [1.807, 2.05) is 0 Å². The molecule has 1 atom stereocenters. The van der Waals surface area contributed by atoms with Gasteiger partial charge < -0.3 is 4.90 Å². The predicted molar refractivity (Wildman–Crippen MR) is 68.3 cm³/mol. The highest BCUT2D eigenvalue weighted by Crippen LogP contribution is 2.29. The molecule has 0 spiro atoms. The summed E-state index contributed by atoms with van der Waals surface area (Å²) in [5.74, 6) is -0.0370. The maximum Gasteiger partial charge on any atom is 0.327 e. The molecule has 6 nitrogen and oxygen atoms in total. The van der Waals surface area contributed by atoms with E-state index in [-0.39, 0.29) is 42.1 Å². The number of nitrogens with zero attached hydrogens (tertiary/aromatic N) is 2. The van der Waals surface area contributed by atoms with Gasteiger partial charge >= 0.3 is 6.03 Å². The van der Waals surface area contributed by atoms with Crippen molar-refractivity contribution in [1.82, 2.24) is 9.80 Å². The van der Waals surface area contributed by atoms with Gasteiger partial charge in [-0.3, -0.25) is 9.69 Å². The van der Waals surface area contributed by atoms with Crippen LogP contribution in [0.4, 0.5) is 4.79 Å². The first-order chi connectivity index (χ1) is 8.98. The average molecular weight is 286 g/mol. The van der Waals surface area contributed by atoms with Gasteiger partial charge in [-0.25, -0.2) is 13.2 Å². The number of carbonyl (C=O) groups excluding carboxylic acids is 2. The fourth-order valence-corrected chi connectivity index (χ4v) is 5.09. The molecule has 0 aromatic carbocycles. The third-order valence-electron chi connectivity index (χ3n) is 4.37. The third kappa shape index (κ3) is 2.24. The van der Waals surface area contributed by atoms with Crippen molar-refractivity contribution in [3.05, 3.63) is 0 Å². The topological polar surface area (TPSA) is 74.8 Å². The number of rotatable bonds is 2. The Hall–Kier alpha value is -1.11. The fraction of sp³-hybridized carbons (Fsp3) is 0.833. The molecule has 2 saturated heterocycles. The molecule has 1 unspecified atom stereocenters. The van der Waals surface area contributed by atoms with Crippen LogP contribution in [-0.4, -0.2) is 60.3 Å². The summed E-state index contributed by atoms with van der Waals surface area (Å²) in [5.41, 5.74) is 0. The van der Waals surface area contributed by atoms with Crippen molar-refractivity contribution in [3.8, 4) is 0 Å². The summed E-state index contributed by atoms with van der Waals surface area (Å²) in [4.78, 5) is 27.2. The smallest absolute Gasteiger partial charge is 0.311 e. The average Bonchev–Trinajstić information content (AvgIpc) is 3.00. The van der Waals surface area contributed by atoms with Crippen LogP contribution in [0.15, 0.2) is 0 Å². The van der Waals surface area contributed by atoms with Crippen LogP contribution >= 0.6 is 0 Å². The van der Waals surface area contributed by atoms with E-state index in [0.717, 1.165) is 25.7 Å². The van der Waals surface area contributed by atoms with Gasteiger partial charge in [-0.05, 0) is 19.3 Å². The van der Waals surface area contributed by atoms with Gasteiger partial charge in [-0.1, -0.05) is 12.8 Å². The molecule has 1 saturated carbocycles. The molecule has 3 amide bonds. The Balaban J connectivity index is 1.75. The maximum atomic E-state index is 12.3. The van der Waals surface area contributed by atoms with Crippen molar-refractivity contribution >= 4 is 21.8 Å². The van der Waals surface area contributed by atoms with Gasteiger partial charge in [0.2, 0.25) is 0 Å². The molecule has 0 radical (unpaired) electrons. The second-order valence-electron chi connectivity index (χ2n) is 5.67. The lowest BCUT2D eigenvalue weighted by Crippen LogP contribution is -2.43. The number of hydrogen-bond donors (Lipinski definition) is 0. The van der Waals surface area contributed by atoms with E-state index < -0.39 is 9.84 Å². The molecule has 0 bridgehead atoms. The van der Waals surface area contributed by atoms with Crippen LogP contribution < -0.4 is 0 Å². The van der Waals surface area contributed by atoms with Crippen LogP contribution in [0.3, 0.4) is 0 Å². The Labute approximate surface area is 112 Å². The first kappa shape index (κ1) is 12.9. The zero-order valence-electron chi connectivity index (χ0n) is 10.7. The van der Waals surface area contributed by atoms with Gasteiger partial charge in [-0.2, -0.15) is 0 Å². The summed E-state index contributed by atoms with van der Waals surface area (Å²) < 4.78 is 23.0. The summed E-state index contributed by atoms with van der Waals surface area (Å²) in [5, 5.41) is 0. The highest BCUT2D eigenvalue weighted by molar-refractivity contribution is 7.91. The zero-order valence-corrected chi connectivity index (χ0v) is 11.6. The minimum atomic E-state index is -3.03. The zero-order chi connectivity index (χ0) is 13.6. The molecular formula is C12H18N2O4S. The van der Waals surface area contributed by atoms with Gasteiger partial charge in [0, 0.05) is 12.1 Å². The van der Waals surface area contributed by atoms with E-state index in [2.05, 4.69) is 0 Å². The van der Waals surface area contributed by atoms with Gasteiger partial charge in [0.15, 0.2) is 9.84 Å². The Morgan fingerprint density at radius 2 is 1.68 bits per heavy atom. The van der Waals surface area contributed by atoms with Crippen LogP contribution in [0.1, 0.15) is 32.1 Å². The van der Waals surface area contributed by atoms with Crippen LogP contribution in [0.2, 0.25) is 0 Å². The van der Waals surface area contributed by atoms with Crippen molar-refractivity contribution in [1.29, 1.82) is 0 Å². The molecule has 2 heterocycles. The lowest BCUT2D eigenvalue weighted by atomic mass is 10.2. The lowest BCUT2D eigenvalue weighted by molar-refractivity contribution is -0.126. The Morgan fingerprint density at radius 1 is 1.00 bits per heavy atom. The van der Waals surface area contributed by atoms with Gasteiger partial charge in [0.05, 0.1) is 11.5 Å². The lowest BCUT2D eigenvalue weighted by Gasteiger charge is -2.25. The monoisotopic (exact) mass is 286 g/mol. The van der Waals surface area contributed by atoms with Crippen molar-refractivity contribution in [2.24, 2.45) is 0 Å². The van der Waals surface area contributed by atoms with Crippen LogP contribution in [-0.2, 0) is 14.6 Å². The van der Waals surface area contributed by atoms with Gasteiger partial charge in [0.25, 0.3) is 5.91 Å². The Kier molecular flexibility index (Phi) is 3.03. The highest BCUT2D eigenvalue weighted by Gasteiger charge is 2.46. The maximum absolute atomic E-state index is 12.3. The standard InChI is InChI=1S/C12H18N2O4S/c15-11-7-13(10-5-6-19(17,18)8-10)12(16)14(11)9-3-1-2-4-9/h9-10H,1-8H2. The van der Waals surface area contributed by atoms with Crippen molar-refractivity contribution < 1.29 is 18.0 Å². The van der Waals surface area contributed by atoms with Gasteiger partial charge in [0.1, 0.15) is 6.54 Å². The largest absolute Gasteiger partial charge is 0.327 e. The molecule has 1 aliphatic carbocycles. The van der Waals surface area contributed by atoms with Crippen LogP contribution in [0.5, 0.6) is 0 Å². The normalized spacial score (nSPS) is 31.7. The molecule has 19 heavy (non-hydrogen) atoms. The molecule has 3 fully saturated rings. The molecule has 0 N–H and O–H groups in total. The quantitative estimate of drug-likeness (QED) is 0.688. The number of amides is 3. The number of sulfone groups is 1. The van der Waals surface area contributed by atoms with E-state index >= 15 is 0 Å². The van der Waals surface area contributed by atoms with Crippen LogP contribution in [0, 0.1) is 0 Å². The van der Waals surface area contributed by atoms with Crippen molar-refractivity contribution in [3.63, 3.8) is 0 Å². The fourth-order valence-electron chi connectivity index (χ4n) is 3.36. The second-order valence-corrected chi connectivity index (χ2v) is 7.90. The highest BCUT2D eigenvalue weighted by atomic mass is 32.2. The SMILES string of the molecule is O=C1CN(C2CCS(=O)(=O)C2)C(=O)N1C1CCCC1. The Morgan fingerprint density at radius 3 is 2.26 bits per heavy atom. The predicted octanol–water partition coefficient (Wildman–Crippen LogP) is 0.380. The minimum absolute atomic E-state index is 0.00449. The summed E-state index contributed by atoms with van der Waals surface area (Å²) in [6.07, 6.45) is 4.33. The minimum Gasteiger partial charge on any atom is -0.311 e. The van der Waals surface area contributed by atoms with E-state index in [1.54, 1.807) is 0 Å². The molecule has 3 aliphatic rings. The van der Waals surface area contributed by atoms with Crippen molar-refractivity contribution in [2.75, 3.05) is 18.1 Å². The van der Waals surface area contributed by atoms with E-state index in [4.69, 9.17) is 0 Å². The molecule has 0 aromatic rings. The summed E-state index contributed by atoms with van der Waals surface area (Å²) in [6.45, 7) is 0.0511. The second kappa shape index (κ2) is 4.47. The number of hydrogen-bond acceptors (Lipinski definition) is 4. The summed E-state index contributed by atoms with van der Waals surface area (Å²) in [6, 6.07) is -0.560. The molecule has 2 aliphatic heterocycles. The first-order valence-corrected chi connectivity index (χ1v) is 8.63. The van der Waals surface area contributed by atoms with Crippen molar-refractivity contribution in [2.45, 2.75) is 44.2 Å².